The molecule has 0 unspecified atom stereocenters. The second-order valence-electron chi connectivity index (χ2n) is 4.92. The third kappa shape index (κ3) is 3.23. The van der Waals surface area contributed by atoms with Crippen molar-refractivity contribution in [1.82, 2.24) is 5.16 Å². The zero-order valence-corrected chi connectivity index (χ0v) is 10.6. The third-order valence-electron chi connectivity index (χ3n) is 2.07. The fourth-order valence-electron chi connectivity index (χ4n) is 1.46. The minimum Gasteiger partial charge on any atom is -0.461 e. The summed E-state index contributed by atoms with van der Waals surface area (Å²) in [5, 5.41) is 3.81. The van der Waals surface area contributed by atoms with Gasteiger partial charge in [0.15, 0.2) is 5.76 Å². The average Bonchev–Trinajstić information content (AvgIpc) is 2.82. The van der Waals surface area contributed by atoms with Gasteiger partial charge in [0.25, 0.3) is 0 Å². The predicted molar refractivity (Wildman–Crippen MR) is 63.8 cm³/mol. The number of hydrogen-bond donors (Lipinski definition) is 0. The summed E-state index contributed by atoms with van der Waals surface area (Å²) in [6, 6.07) is 5.19. The van der Waals surface area contributed by atoms with Crippen molar-refractivity contribution in [2.75, 3.05) is 0 Å². The Kier molecular flexibility index (Phi) is 3.23. The van der Waals surface area contributed by atoms with Crippen LogP contribution in [0.1, 0.15) is 26.5 Å². The SMILES string of the molecule is CC(C)(C)OC(=O)Cc1cc(-c2ccco2)on1. The maximum absolute atomic E-state index is 11.6. The number of hydrogen-bond acceptors (Lipinski definition) is 5. The first-order valence-corrected chi connectivity index (χ1v) is 5.65. The van der Waals surface area contributed by atoms with E-state index in [0.717, 1.165) is 0 Å². The van der Waals surface area contributed by atoms with E-state index in [-0.39, 0.29) is 12.4 Å². The lowest BCUT2D eigenvalue weighted by Gasteiger charge is -2.18. The van der Waals surface area contributed by atoms with Gasteiger partial charge in [-0.15, -0.1) is 0 Å². The summed E-state index contributed by atoms with van der Waals surface area (Å²) in [5.74, 6) is 0.748. The molecule has 0 aromatic carbocycles. The van der Waals surface area contributed by atoms with E-state index in [4.69, 9.17) is 13.7 Å². The molecule has 0 fully saturated rings. The van der Waals surface area contributed by atoms with Gasteiger partial charge in [-0.05, 0) is 32.9 Å². The third-order valence-corrected chi connectivity index (χ3v) is 2.07. The van der Waals surface area contributed by atoms with Crippen LogP contribution in [0.3, 0.4) is 0 Å². The van der Waals surface area contributed by atoms with Gasteiger partial charge in [0.05, 0.1) is 18.4 Å². The smallest absolute Gasteiger partial charge is 0.312 e. The van der Waals surface area contributed by atoms with Gasteiger partial charge in [-0.25, -0.2) is 0 Å². The molecule has 0 N–H and O–H groups in total. The molecule has 0 aliphatic heterocycles. The van der Waals surface area contributed by atoms with Gasteiger partial charge in [0.2, 0.25) is 5.76 Å². The molecule has 2 heterocycles. The van der Waals surface area contributed by atoms with E-state index in [1.54, 1.807) is 24.5 Å². The highest BCUT2D eigenvalue weighted by Gasteiger charge is 2.18. The first kappa shape index (κ1) is 12.4. The molecule has 0 bridgehead atoms. The van der Waals surface area contributed by atoms with Crippen LogP contribution in [0.4, 0.5) is 0 Å². The van der Waals surface area contributed by atoms with Crippen LogP contribution in [0.25, 0.3) is 11.5 Å². The summed E-state index contributed by atoms with van der Waals surface area (Å²) in [7, 11) is 0. The monoisotopic (exact) mass is 249 g/mol. The number of ether oxygens (including phenoxy) is 1. The van der Waals surface area contributed by atoms with Crippen molar-refractivity contribution in [3.63, 3.8) is 0 Å². The van der Waals surface area contributed by atoms with Crippen molar-refractivity contribution >= 4 is 5.97 Å². The molecule has 0 spiro atoms. The second-order valence-corrected chi connectivity index (χ2v) is 4.92. The Balaban J connectivity index is 2.01. The minimum atomic E-state index is -0.495. The van der Waals surface area contributed by atoms with Crippen molar-refractivity contribution in [2.24, 2.45) is 0 Å². The van der Waals surface area contributed by atoms with Gasteiger partial charge >= 0.3 is 5.97 Å². The number of esters is 1. The molecule has 2 aromatic heterocycles. The van der Waals surface area contributed by atoms with Crippen LogP contribution in [-0.4, -0.2) is 16.7 Å². The van der Waals surface area contributed by atoms with Crippen molar-refractivity contribution < 1.29 is 18.5 Å². The van der Waals surface area contributed by atoms with Crippen molar-refractivity contribution in [3.05, 3.63) is 30.2 Å². The van der Waals surface area contributed by atoms with Crippen molar-refractivity contribution in [3.8, 4) is 11.5 Å². The number of nitrogens with zero attached hydrogens (tertiary/aromatic N) is 1. The Morgan fingerprint density at radius 3 is 2.78 bits per heavy atom. The van der Waals surface area contributed by atoms with Crippen molar-refractivity contribution in [1.29, 1.82) is 0 Å². The van der Waals surface area contributed by atoms with E-state index >= 15 is 0 Å². The Bertz CT molecular complexity index is 519. The standard InChI is InChI=1S/C13H15NO4/c1-13(2,3)17-12(15)8-9-7-11(18-14-9)10-5-4-6-16-10/h4-7H,8H2,1-3H3. The van der Waals surface area contributed by atoms with Crippen LogP contribution in [0, 0.1) is 0 Å². The van der Waals surface area contributed by atoms with Crippen molar-refractivity contribution in [2.45, 2.75) is 32.8 Å². The molecule has 0 saturated heterocycles. The van der Waals surface area contributed by atoms with Crippen LogP contribution in [0.2, 0.25) is 0 Å². The summed E-state index contributed by atoms with van der Waals surface area (Å²) in [5.41, 5.74) is 0.0284. The van der Waals surface area contributed by atoms with Gasteiger partial charge < -0.3 is 13.7 Å². The lowest BCUT2D eigenvalue weighted by molar-refractivity contribution is -0.154. The molecule has 0 aliphatic carbocycles. The molecule has 0 saturated carbocycles. The second kappa shape index (κ2) is 4.68. The average molecular weight is 249 g/mol. The number of rotatable bonds is 3. The van der Waals surface area contributed by atoms with E-state index in [1.165, 1.54) is 0 Å². The molecule has 2 aromatic rings. The van der Waals surface area contributed by atoms with Crippen LogP contribution in [0.5, 0.6) is 0 Å². The maximum atomic E-state index is 11.6. The van der Waals surface area contributed by atoms with Gasteiger partial charge in [0, 0.05) is 6.07 Å². The van der Waals surface area contributed by atoms with Crippen LogP contribution in [0.15, 0.2) is 33.4 Å². The zero-order chi connectivity index (χ0) is 13.2. The summed E-state index contributed by atoms with van der Waals surface area (Å²) >= 11 is 0. The largest absolute Gasteiger partial charge is 0.461 e. The topological polar surface area (TPSA) is 65.5 Å². The van der Waals surface area contributed by atoms with E-state index in [1.807, 2.05) is 20.8 Å². The first-order chi connectivity index (χ1) is 8.44. The van der Waals surface area contributed by atoms with E-state index in [0.29, 0.717) is 17.2 Å². The highest BCUT2D eigenvalue weighted by atomic mass is 16.6. The number of furan rings is 1. The lowest BCUT2D eigenvalue weighted by Crippen LogP contribution is -2.24. The molecule has 0 atom stereocenters. The molecule has 96 valence electrons. The zero-order valence-electron chi connectivity index (χ0n) is 10.6. The summed E-state index contributed by atoms with van der Waals surface area (Å²) in [4.78, 5) is 11.6. The highest BCUT2D eigenvalue weighted by molar-refractivity contribution is 5.72. The van der Waals surface area contributed by atoms with Crippen LogP contribution in [-0.2, 0) is 16.0 Å². The summed E-state index contributed by atoms with van der Waals surface area (Å²) in [6.07, 6.45) is 1.63. The predicted octanol–water partition coefficient (Wildman–Crippen LogP) is 2.82. The quantitative estimate of drug-likeness (QED) is 0.782. The Labute approximate surface area is 105 Å². The molecule has 18 heavy (non-hydrogen) atoms. The van der Waals surface area contributed by atoms with Gasteiger partial charge in [-0.3, -0.25) is 4.79 Å². The Morgan fingerprint density at radius 1 is 1.39 bits per heavy atom. The van der Waals surface area contributed by atoms with Crippen LogP contribution < -0.4 is 0 Å². The molecule has 0 radical (unpaired) electrons. The van der Waals surface area contributed by atoms with E-state index < -0.39 is 5.60 Å². The summed E-state index contributed by atoms with van der Waals surface area (Å²) in [6.45, 7) is 5.46. The highest BCUT2D eigenvalue weighted by Crippen LogP contribution is 2.21. The fraction of sp³-hybridized carbons (Fsp3) is 0.385. The van der Waals surface area contributed by atoms with Crippen LogP contribution >= 0.6 is 0 Å². The first-order valence-electron chi connectivity index (χ1n) is 5.65. The molecule has 2 rings (SSSR count). The van der Waals surface area contributed by atoms with Gasteiger partial charge in [0.1, 0.15) is 5.60 Å². The molecule has 0 aliphatic rings. The molecule has 5 heteroatoms. The summed E-state index contributed by atoms with van der Waals surface area (Å²) < 4.78 is 15.5. The molecular weight excluding hydrogens is 234 g/mol. The maximum Gasteiger partial charge on any atom is 0.312 e. The number of aromatic nitrogens is 1. The Hall–Kier alpha value is -2.04. The number of carbonyl (C=O) groups excluding carboxylic acids is 1. The molecule has 0 amide bonds. The Morgan fingerprint density at radius 2 is 2.17 bits per heavy atom. The number of carbonyl (C=O) groups is 1. The van der Waals surface area contributed by atoms with E-state index in [9.17, 15) is 4.79 Å². The normalized spacial score (nSPS) is 11.5. The van der Waals surface area contributed by atoms with E-state index in [2.05, 4.69) is 5.16 Å². The lowest BCUT2D eigenvalue weighted by atomic mass is 10.2. The fourth-order valence-corrected chi connectivity index (χ4v) is 1.46. The molecular formula is C13H15NO4. The minimum absolute atomic E-state index is 0.0848. The van der Waals surface area contributed by atoms with Gasteiger partial charge in [-0.1, -0.05) is 5.16 Å². The van der Waals surface area contributed by atoms with Gasteiger partial charge in [-0.2, -0.15) is 0 Å². The molecule has 5 nitrogen and oxygen atoms in total.